The number of rotatable bonds is 1. The Kier molecular flexibility index (Phi) is 2.73. The standard InChI is InChI=1S/C6H6Br2S/c1-4-6(8)2-5(3-7)9-4/h2H,3H2,1H3. The smallest absolute Gasteiger partial charge is 0.0377 e. The van der Waals surface area contributed by atoms with E-state index in [-0.39, 0.29) is 0 Å². The Hall–Kier alpha value is 0.660. The van der Waals surface area contributed by atoms with E-state index in [1.165, 1.54) is 14.2 Å². The average molecular weight is 270 g/mol. The molecule has 0 amide bonds. The van der Waals surface area contributed by atoms with Crippen molar-refractivity contribution < 1.29 is 0 Å². The largest absolute Gasteiger partial charge is 0.144 e. The van der Waals surface area contributed by atoms with Gasteiger partial charge in [0.1, 0.15) is 0 Å². The Bertz CT molecular complexity index is 185. The van der Waals surface area contributed by atoms with Crippen molar-refractivity contribution in [3.8, 4) is 0 Å². The van der Waals surface area contributed by atoms with Gasteiger partial charge in [-0.25, -0.2) is 0 Å². The highest BCUT2D eigenvalue weighted by atomic mass is 79.9. The molecule has 0 aliphatic rings. The summed E-state index contributed by atoms with van der Waals surface area (Å²) in [4.78, 5) is 2.73. The van der Waals surface area contributed by atoms with Crippen molar-refractivity contribution in [1.29, 1.82) is 0 Å². The molecule has 1 rings (SSSR count). The van der Waals surface area contributed by atoms with Crippen LogP contribution in [0, 0.1) is 6.92 Å². The monoisotopic (exact) mass is 268 g/mol. The Morgan fingerprint density at radius 1 is 1.67 bits per heavy atom. The van der Waals surface area contributed by atoms with E-state index in [0.29, 0.717) is 0 Å². The second-order valence-corrected chi connectivity index (χ2v) is 4.51. The maximum Gasteiger partial charge on any atom is 0.0377 e. The van der Waals surface area contributed by atoms with Crippen molar-refractivity contribution in [3.05, 3.63) is 20.3 Å². The Labute approximate surface area is 75.5 Å². The summed E-state index contributed by atoms with van der Waals surface area (Å²) in [5.41, 5.74) is 0. The van der Waals surface area contributed by atoms with Crippen molar-refractivity contribution in [1.82, 2.24) is 0 Å². The van der Waals surface area contributed by atoms with Crippen molar-refractivity contribution in [2.24, 2.45) is 0 Å². The summed E-state index contributed by atoms with van der Waals surface area (Å²) in [5, 5.41) is 0.962. The summed E-state index contributed by atoms with van der Waals surface area (Å²) in [6, 6.07) is 2.15. The third-order valence-electron chi connectivity index (χ3n) is 1.04. The minimum absolute atomic E-state index is 0.962. The van der Waals surface area contributed by atoms with Crippen LogP contribution >= 0.6 is 43.2 Å². The molecule has 0 aliphatic carbocycles. The van der Waals surface area contributed by atoms with E-state index in [9.17, 15) is 0 Å². The lowest BCUT2D eigenvalue weighted by molar-refractivity contribution is 1.54. The number of alkyl halides is 1. The normalized spacial score (nSPS) is 10.1. The molecule has 0 nitrogen and oxygen atoms in total. The first-order chi connectivity index (χ1) is 4.24. The van der Waals surface area contributed by atoms with Crippen molar-refractivity contribution in [2.45, 2.75) is 12.3 Å². The first-order valence-corrected chi connectivity index (χ1v) is 5.28. The quantitative estimate of drug-likeness (QED) is 0.682. The molecule has 0 unspecified atom stereocenters. The molecule has 0 bridgehead atoms. The summed E-state index contributed by atoms with van der Waals surface area (Å²) < 4.78 is 1.22. The molecule has 50 valence electrons. The van der Waals surface area contributed by atoms with Crippen LogP contribution in [0.4, 0.5) is 0 Å². The third-order valence-corrected chi connectivity index (χ3v) is 4.15. The van der Waals surface area contributed by atoms with Gasteiger partial charge in [0, 0.05) is 19.6 Å². The van der Waals surface area contributed by atoms with Crippen LogP contribution < -0.4 is 0 Å². The van der Waals surface area contributed by atoms with E-state index in [0.717, 1.165) is 5.33 Å². The second-order valence-electron chi connectivity index (χ2n) is 1.75. The zero-order valence-electron chi connectivity index (χ0n) is 4.95. The fraction of sp³-hybridized carbons (Fsp3) is 0.333. The topological polar surface area (TPSA) is 0 Å². The minimum atomic E-state index is 0.962. The third kappa shape index (κ3) is 1.79. The Morgan fingerprint density at radius 2 is 2.33 bits per heavy atom. The Balaban J connectivity index is 2.98. The molecule has 0 radical (unpaired) electrons. The maximum absolute atomic E-state index is 3.45. The molecule has 0 aliphatic heterocycles. The first kappa shape index (κ1) is 7.76. The SMILES string of the molecule is Cc1sc(CBr)cc1Br. The molecule has 0 saturated heterocycles. The van der Waals surface area contributed by atoms with Crippen LogP contribution in [0.3, 0.4) is 0 Å². The van der Waals surface area contributed by atoms with E-state index in [1.807, 2.05) is 11.3 Å². The maximum atomic E-state index is 3.45. The summed E-state index contributed by atoms with van der Waals surface area (Å²) in [6.45, 7) is 2.11. The number of aryl methyl sites for hydroxylation is 1. The summed E-state index contributed by atoms with van der Waals surface area (Å²) >= 11 is 8.66. The average Bonchev–Trinajstić information content (AvgIpc) is 2.13. The lowest BCUT2D eigenvalue weighted by Gasteiger charge is -1.79. The fourth-order valence-corrected chi connectivity index (χ4v) is 2.54. The minimum Gasteiger partial charge on any atom is -0.144 e. The lowest BCUT2D eigenvalue weighted by atomic mass is 10.5. The fourth-order valence-electron chi connectivity index (χ4n) is 0.584. The summed E-state index contributed by atoms with van der Waals surface area (Å²) in [7, 11) is 0. The van der Waals surface area contributed by atoms with Crippen LogP contribution in [-0.4, -0.2) is 0 Å². The van der Waals surface area contributed by atoms with E-state index in [1.54, 1.807) is 0 Å². The zero-order valence-corrected chi connectivity index (χ0v) is 8.94. The predicted molar refractivity (Wildman–Crippen MR) is 49.4 cm³/mol. The van der Waals surface area contributed by atoms with Gasteiger partial charge in [0.2, 0.25) is 0 Å². The second kappa shape index (κ2) is 3.17. The molecule has 0 saturated carbocycles. The van der Waals surface area contributed by atoms with Crippen LogP contribution in [0.25, 0.3) is 0 Å². The zero-order chi connectivity index (χ0) is 6.85. The highest BCUT2D eigenvalue weighted by Crippen LogP contribution is 2.27. The van der Waals surface area contributed by atoms with Crippen LogP contribution in [0.2, 0.25) is 0 Å². The molecule has 9 heavy (non-hydrogen) atoms. The predicted octanol–water partition coefficient (Wildman–Crippen LogP) is 3.71. The summed E-state index contributed by atoms with van der Waals surface area (Å²) in [6.07, 6.45) is 0. The van der Waals surface area contributed by atoms with Gasteiger partial charge >= 0.3 is 0 Å². The molecule has 0 aromatic carbocycles. The van der Waals surface area contributed by atoms with E-state index in [4.69, 9.17) is 0 Å². The van der Waals surface area contributed by atoms with Gasteiger partial charge < -0.3 is 0 Å². The highest BCUT2D eigenvalue weighted by molar-refractivity contribution is 9.10. The van der Waals surface area contributed by atoms with E-state index >= 15 is 0 Å². The molecular formula is C6H6Br2S. The van der Waals surface area contributed by atoms with Crippen LogP contribution in [0.15, 0.2) is 10.5 Å². The van der Waals surface area contributed by atoms with Crippen LogP contribution in [0.5, 0.6) is 0 Å². The van der Waals surface area contributed by atoms with Gasteiger partial charge in [-0.2, -0.15) is 0 Å². The highest BCUT2D eigenvalue weighted by Gasteiger charge is 1.99. The molecule has 0 spiro atoms. The van der Waals surface area contributed by atoms with Crippen LogP contribution in [-0.2, 0) is 5.33 Å². The first-order valence-electron chi connectivity index (χ1n) is 2.55. The van der Waals surface area contributed by atoms with Gasteiger partial charge in [0.15, 0.2) is 0 Å². The van der Waals surface area contributed by atoms with Gasteiger partial charge in [-0.15, -0.1) is 11.3 Å². The number of thiophene rings is 1. The van der Waals surface area contributed by atoms with E-state index < -0.39 is 0 Å². The molecule has 1 aromatic heterocycles. The van der Waals surface area contributed by atoms with Crippen molar-refractivity contribution in [2.75, 3.05) is 0 Å². The number of halogens is 2. The van der Waals surface area contributed by atoms with Gasteiger partial charge in [0.05, 0.1) is 0 Å². The molecule has 1 heterocycles. The van der Waals surface area contributed by atoms with Gasteiger partial charge in [-0.3, -0.25) is 0 Å². The van der Waals surface area contributed by atoms with Crippen LogP contribution in [0.1, 0.15) is 9.75 Å². The van der Waals surface area contributed by atoms with Crippen molar-refractivity contribution >= 4 is 43.2 Å². The van der Waals surface area contributed by atoms with Gasteiger partial charge in [-0.05, 0) is 28.9 Å². The molecule has 1 aromatic rings. The van der Waals surface area contributed by atoms with Gasteiger partial charge in [-0.1, -0.05) is 15.9 Å². The number of hydrogen-bond acceptors (Lipinski definition) is 1. The molecular weight excluding hydrogens is 264 g/mol. The molecule has 3 heteroatoms. The Morgan fingerprint density at radius 3 is 2.56 bits per heavy atom. The van der Waals surface area contributed by atoms with Crippen molar-refractivity contribution in [3.63, 3.8) is 0 Å². The summed E-state index contributed by atoms with van der Waals surface area (Å²) in [5.74, 6) is 0. The molecule has 0 atom stereocenters. The van der Waals surface area contributed by atoms with E-state index in [2.05, 4.69) is 44.8 Å². The molecule has 0 fully saturated rings. The number of hydrogen-bond donors (Lipinski definition) is 0. The lowest BCUT2D eigenvalue weighted by Crippen LogP contribution is -1.59. The molecule has 0 N–H and O–H groups in total. The van der Waals surface area contributed by atoms with Gasteiger partial charge in [0.25, 0.3) is 0 Å².